The van der Waals surface area contributed by atoms with Crippen LogP contribution in [-0.4, -0.2) is 44.3 Å². The van der Waals surface area contributed by atoms with Gasteiger partial charge in [0.15, 0.2) is 0 Å². The van der Waals surface area contributed by atoms with Crippen molar-refractivity contribution in [2.24, 2.45) is 0 Å². The SMILES string of the molecule is CN(C)c1ccc2cc(-c3cn(Cc4c(F)cc(-c5nnc(C(F)F)o5)cc4F)nn3)ccc2n1. The van der Waals surface area contributed by atoms with Crippen molar-refractivity contribution in [1.29, 1.82) is 0 Å². The summed E-state index contributed by atoms with van der Waals surface area (Å²) < 4.78 is 60.7. The maximum absolute atomic E-state index is 14.7. The van der Waals surface area contributed by atoms with E-state index in [9.17, 15) is 17.6 Å². The van der Waals surface area contributed by atoms with Crippen LogP contribution in [0, 0.1) is 11.6 Å². The largest absolute Gasteiger partial charge is 0.415 e. The number of benzene rings is 2. The highest BCUT2D eigenvalue weighted by Crippen LogP contribution is 2.28. The zero-order valence-corrected chi connectivity index (χ0v) is 18.5. The third-order valence-electron chi connectivity index (χ3n) is 5.30. The van der Waals surface area contributed by atoms with E-state index < -0.39 is 29.8 Å². The number of alkyl halides is 2. The van der Waals surface area contributed by atoms with Gasteiger partial charge in [0.05, 0.1) is 18.3 Å². The molecule has 12 heteroatoms. The average molecular weight is 483 g/mol. The van der Waals surface area contributed by atoms with Gasteiger partial charge in [-0.3, -0.25) is 0 Å². The van der Waals surface area contributed by atoms with Gasteiger partial charge in [0.25, 0.3) is 5.89 Å². The quantitative estimate of drug-likeness (QED) is 0.319. The summed E-state index contributed by atoms with van der Waals surface area (Å²) in [5.74, 6) is -2.33. The molecule has 0 fully saturated rings. The van der Waals surface area contributed by atoms with Crippen LogP contribution in [0.3, 0.4) is 0 Å². The molecule has 3 heterocycles. The molecule has 0 saturated heterocycles. The van der Waals surface area contributed by atoms with Gasteiger partial charge in [0, 0.05) is 36.2 Å². The van der Waals surface area contributed by atoms with Gasteiger partial charge in [-0.05, 0) is 36.4 Å². The van der Waals surface area contributed by atoms with Crippen LogP contribution in [0.2, 0.25) is 0 Å². The number of hydrogen-bond donors (Lipinski definition) is 0. The average Bonchev–Trinajstić information content (AvgIpc) is 3.51. The van der Waals surface area contributed by atoms with Crippen molar-refractivity contribution in [3.05, 3.63) is 71.8 Å². The van der Waals surface area contributed by atoms with Crippen molar-refractivity contribution in [3.63, 3.8) is 0 Å². The second-order valence-corrected chi connectivity index (χ2v) is 7.94. The van der Waals surface area contributed by atoms with Crippen LogP contribution in [0.4, 0.5) is 23.4 Å². The molecule has 5 aromatic rings. The topological polar surface area (TPSA) is 85.8 Å². The first-order chi connectivity index (χ1) is 16.8. The predicted molar refractivity (Wildman–Crippen MR) is 119 cm³/mol. The van der Waals surface area contributed by atoms with Gasteiger partial charge < -0.3 is 9.32 Å². The van der Waals surface area contributed by atoms with Crippen molar-refractivity contribution in [1.82, 2.24) is 30.2 Å². The van der Waals surface area contributed by atoms with Crippen molar-refractivity contribution in [2.45, 2.75) is 13.0 Å². The molecular weight excluding hydrogens is 466 g/mol. The van der Waals surface area contributed by atoms with E-state index >= 15 is 0 Å². The summed E-state index contributed by atoms with van der Waals surface area (Å²) in [4.78, 5) is 6.49. The Balaban J connectivity index is 1.39. The van der Waals surface area contributed by atoms with E-state index in [0.29, 0.717) is 5.69 Å². The number of rotatable bonds is 6. The number of fused-ring (bicyclic) bond motifs is 1. The Labute approximate surface area is 195 Å². The second-order valence-electron chi connectivity index (χ2n) is 7.94. The molecule has 3 aromatic heterocycles. The van der Waals surface area contributed by atoms with Crippen LogP contribution >= 0.6 is 0 Å². The normalized spacial score (nSPS) is 11.5. The minimum absolute atomic E-state index is 0.148. The Kier molecular flexibility index (Phi) is 5.63. The Morgan fingerprint density at radius 2 is 1.71 bits per heavy atom. The molecule has 0 amide bonds. The van der Waals surface area contributed by atoms with Crippen molar-refractivity contribution in [2.75, 3.05) is 19.0 Å². The smallest absolute Gasteiger partial charge is 0.314 e. The molecule has 0 bridgehead atoms. The lowest BCUT2D eigenvalue weighted by atomic mass is 10.1. The highest BCUT2D eigenvalue weighted by atomic mass is 19.3. The molecule has 0 aliphatic carbocycles. The molecule has 0 aliphatic rings. The van der Waals surface area contributed by atoms with Gasteiger partial charge in [-0.25, -0.2) is 18.4 Å². The van der Waals surface area contributed by atoms with Crippen LogP contribution in [0.25, 0.3) is 33.6 Å². The van der Waals surface area contributed by atoms with Gasteiger partial charge in [0.1, 0.15) is 23.1 Å². The molecule has 0 aliphatic heterocycles. The Morgan fingerprint density at radius 3 is 2.40 bits per heavy atom. The summed E-state index contributed by atoms with van der Waals surface area (Å²) in [5.41, 5.74) is 1.68. The van der Waals surface area contributed by atoms with Crippen LogP contribution in [0.5, 0.6) is 0 Å². The maximum Gasteiger partial charge on any atom is 0.314 e. The molecule has 5 rings (SSSR count). The summed E-state index contributed by atoms with van der Waals surface area (Å²) in [6.07, 6.45) is -1.41. The first-order valence-electron chi connectivity index (χ1n) is 10.4. The van der Waals surface area contributed by atoms with Gasteiger partial charge in [-0.1, -0.05) is 11.3 Å². The summed E-state index contributed by atoms with van der Waals surface area (Å²) in [6.45, 7) is -0.238. The second kappa shape index (κ2) is 8.78. The molecule has 0 N–H and O–H groups in total. The predicted octanol–water partition coefficient (Wildman–Crippen LogP) is 4.87. The first-order valence-corrected chi connectivity index (χ1v) is 10.4. The van der Waals surface area contributed by atoms with E-state index in [1.165, 1.54) is 4.68 Å². The van der Waals surface area contributed by atoms with E-state index in [4.69, 9.17) is 4.42 Å². The summed E-state index contributed by atoms with van der Waals surface area (Å²) >= 11 is 0. The zero-order valence-electron chi connectivity index (χ0n) is 18.5. The number of anilines is 1. The Morgan fingerprint density at radius 1 is 0.943 bits per heavy atom. The third kappa shape index (κ3) is 4.42. The fraction of sp³-hybridized carbons (Fsp3) is 0.174. The fourth-order valence-corrected chi connectivity index (χ4v) is 3.51. The van der Waals surface area contributed by atoms with E-state index in [2.05, 4.69) is 25.5 Å². The van der Waals surface area contributed by atoms with Crippen LogP contribution in [-0.2, 0) is 6.54 Å². The number of nitrogens with zero attached hydrogens (tertiary/aromatic N) is 7. The maximum atomic E-state index is 14.7. The van der Waals surface area contributed by atoms with E-state index in [-0.39, 0.29) is 17.7 Å². The van der Waals surface area contributed by atoms with Crippen LogP contribution in [0.1, 0.15) is 17.9 Å². The number of hydrogen-bond acceptors (Lipinski definition) is 7. The molecule has 0 unspecified atom stereocenters. The third-order valence-corrected chi connectivity index (χ3v) is 5.30. The molecule has 0 atom stereocenters. The minimum Gasteiger partial charge on any atom is -0.415 e. The van der Waals surface area contributed by atoms with Crippen LogP contribution in [0.15, 0.2) is 53.1 Å². The summed E-state index contributed by atoms with van der Waals surface area (Å²) in [6, 6.07) is 11.4. The van der Waals surface area contributed by atoms with Gasteiger partial charge in [-0.2, -0.15) is 8.78 Å². The molecule has 2 aromatic carbocycles. The highest BCUT2D eigenvalue weighted by molar-refractivity contribution is 5.85. The number of pyridine rings is 1. The lowest BCUT2D eigenvalue weighted by Crippen LogP contribution is -2.10. The van der Waals surface area contributed by atoms with Crippen molar-refractivity contribution >= 4 is 16.7 Å². The van der Waals surface area contributed by atoms with Gasteiger partial charge >= 0.3 is 6.43 Å². The van der Waals surface area contributed by atoms with Gasteiger partial charge in [0.2, 0.25) is 5.89 Å². The molecule has 178 valence electrons. The lowest BCUT2D eigenvalue weighted by molar-refractivity contribution is 0.116. The van der Waals surface area contributed by atoms with E-state index in [1.807, 2.05) is 49.3 Å². The number of aromatic nitrogens is 6. The molecule has 0 spiro atoms. The molecule has 35 heavy (non-hydrogen) atoms. The molecular formula is C23H17F4N7O. The van der Waals surface area contributed by atoms with Crippen molar-refractivity contribution in [3.8, 4) is 22.7 Å². The lowest BCUT2D eigenvalue weighted by Gasteiger charge is -2.11. The number of halogens is 4. The highest BCUT2D eigenvalue weighted by Gasteiger charge is 2.20. The standard InChI is InChI=1S/C23H17F4N7O/c1-33(2)20-6-4-12-7-13(3-5-18(12)28-20)19-11-34(32-29-19)10-15-16(24)8-14(9-17(15)25)22-30-31-23(35-22)21(26)27/h3-9,11,21H,10H2,1-2H3. The minimum atomic E-state index is -2.99. The zero-order chi connectivity index (χ0) is 24.7. The monoisotopic (exact) mass is 483 g/mol. The molecule has 0 saturated carbocycles. The van der Waals surface area contributed by atoms with Crippen LogP contribution < -0.4 is 4.90 Å². The van der Waals surface area contributed by atoms with Crippen molar-refractivity contribution < 1.29 is 22.0 Å². The molecule has 8 nitrogen and oxygen atoms in total. The Hall–Kier alpha value is -4.35. The van der Waals surface area contributed by atoms with E-state index in [0.717, 1.165) is 34.4 Å². The Bertz CT molecular complexity index is 1510. The molecule has 0 radical (unpaired) electrons. The first kappa shape index (κ1) is 22.4. The fourth-order valence-electron chi connectivity index (χ4n) is 3.51. The van der Waals surface area contributed by atoms with Gasteiger partial charge in [-0.15, -0.1) is 15.3 Å². The summed E-state index contributed by atoms with van der Waals surface area (Å²) in [5, 5.41) is 15.6. The summed E-state index contributed by atoms with van der Waals surface area (Å²) in [7, 11) is 3.82. The van der Waals surface area contributed by atoms with E-state index in [1.54, 1.807) is 6.20 Å².